The van der Waals surface area contributed by atoms with Crippen LogP contribution in [0.5, 0.6) is 0 Å². The van der Waals surface area contributed by atoms with Gasteiger partial charge in [0, 0.05) is 6.04 Å². The van der Waals surface area contributed by atoms with Crippen LogP contribution in [-0.2, 0) is 0 Å². The standard InChI is InChI=1S/C13H24N2/c14-15-13(12-9-6-10-12)11-7-4-2-1-3-5-8-11/h7,12-13,15H,1-6,8-10,14H2. The molecule has 1 fully saturated rings. The maximum Gasteiger partial charge on any atom is 0.0447 e. The number of allylic oxidation sites excluding steroid dienone is 1. The van der Waals surface area contributed by atoms with Crippen molar-refractivity contribution in [2.24, 2.45) is 11.8 Å². The minimum atomic E-state index is 0.483. The Balaban J connectivity index is 1.97. The van der Waals surface area contributed by atoms with Crippen LogP contribution < -0.4 is 11.3 Å². The zero-order valence-electron chi connectivity index (χ0n) is 9.67. The number of nitrogens with one attached hydrogen (secondary N) is 1. The van der Waals surface area contributed by atoms with Gasteiger partial charge in [0.15, 0.2) is 0 Å². The van der Waals surface area contributed by atoms with Crippen molar-refractivity contribution in [3.8, 4) is 0 Å². The summed E-state index contributed by atoms with van der Waals surface area (Å²) in [7, 11) is 0. The van der Waals surface area contributed by atoms with Crippen molar-refractivity contribution in [1.29, 1.82) is 0 Å². The highest BCUT2D eigenvalue weighted by atomic mass is 15.2. The lowest BCUT2D eigenvalue weighted by Crippen LogP contribution is -2.44. The first kappa shape index (κ1) is 11.2. The minimum Gasteiger partial charge on any atom is -0.271 e. The molecule has 0 saturated heterocycles. The van der Waals surface area contributed by atoms with Gasteiger partial charge < -0.3 is 0 Å². The fraction of sp³-hybridized carbons (Fsp3) is 0.846. The van der Waals surface area contributed by atoms with Gasteiger partial charge in [0.1, 0.15) is 0 Å². The summed E-state index contributed by atoms with van der Waals surface area (Å²) in [5.41, 5.74) is 4.65. The van der Waals surface area contributed by atoms with Crippen molar-refractivity contribution in [3.05, 3.63) is 11.6 Å². The summed E-state index contributed by atoms with van der Waals surface area (Å²) in [5, 5.41) is 0. The predicted molar refractivity (Wildman–Crippen MR) is 64.2 cm³/mol. The van der Waals surface area contributed by atoms with Gasteiger partial charge in [-0.05, 0) is 44.4 Å². The third kappa shape index (κ3) is 2.82. The summed E-state index contributed by atoms with van der Waals surface area (Å²) in [4.78, 5) is 0. The van der Waals surface area contributed by atoms with Gasteiger partial charge in [0.05, 0.1) is 0 Å². The van der Waals surface area contributed by atoms with Crippen LogP contribution in [0.2, 0.25) is 0 Å². The summed E-state index contributed by atoms with van der Waals surface area (Å²) >= 11 is 0. The van der Waals surface area contributed by atoms with Crippen LogP contribution in [-0.4, -0.2) is 6.04 Å². The molecule has 0 aliphatic heterocycles. The Morgan fingerprint density at radius 1 is 1.13 bits per heavy atom. The molecule has 2 aliphatic rings. The number of hydrogen-bond acceptors (Lipinski definition) is 2. The Morgan fingerprint density at radius 3 is 2.60 bits per heavy atom. The summed E-state index contributed by atoms with van der Waals surface area (Å²) in [6.45, 7) is 0. The van der Waals surface area contributed by atoms with Gasteiger partial charge in [-0.1, -0.05) is 30.9 Å². The molecule has 1 unspecified atom stereocenters. The molecule has 0 aromatic heterocycles. The maximum atomic E-state index is 5.71. The summed E-state index contributed by atoms with van der Waals surface area (Å²) in [6, 6.07) is 0.483. The first-order chi connectivity index (χ1) is 7.42. The number of hydrazine groups is 1. The van der Waals surface area contributed by atoms with Gasteiger partial charge in [-0.2, -0.15) is 0 Å². The number of rotatable bonds is 3. The quantitative estimate of drug-likeness (QED) is 0.425. The fourth-order valence-electron chi connectivity index (χ4n) is 2.82. The van der Waals surface area contributed by atoms with Crippen molar-refractivity contribution >= 4 is 0 Å². The Labute approximate surface area is 93.3 Å². The second kappa shape index (κ2) is 5.66. The Bertz CT molecular complexity index is 219. The van der Waals surface area contributed by atoms with Crippen LogP contribution in [0, 0.1) is 5.92 Å². The highest BCUT2D eigenvalue weighted by molar-refractivity contribution is 5.14. The normalized spacial score (nSPS) is 26.1. The second-order valence-electron chi connectivity index (χ2n) is 5.07. The van der Waals surface area contributed by atoms with Crippen molar-refractivity contribution in [1.82, 2.24) is 5.43 Å². The molecule has 0 bridgehead atoms. The summed E-state index contributed by atoms with van der Waals surface area (Å²) in [5.74, 6) is 6.53. The third-order valence-electron chi connectivity index (χ3n) is 4.03. The second-order valence-corrected chi connectivity index (χ2v) is 5.07. The SMILES string of the molecule is NNC(C1=CCCCCCC1)C1CCC1. The van der Waals surface area contributed by atoms with E-state index in [0.717, 1.165) is 5.92 Å². The Hall–Kier alpha value is -0.340. The molecular weight excluding hydrogens is 184 g/mol. The Kier molecular flexibility index (Phi) is 4.21. The lowest BCUT2D eigenvalue weighted by atomic mass is 9.76. The molecule has 1 atom stereocenters. The smallest absolute Gasteiger partial charge is 0.0447 e. The number of hydrogen-bond donors (Lipinski definition) is 2. The highest BCUT2D eigenvalue weighted by Gasteiger charge is 2.28. The van der Waals surface area contributed by atoms with Gasteiger partial charge in [0.2, 0.25) is 0 Å². The first-order valence-corrected chi connectivity index (χ1v) is 6.57. The van der Waals surface area contributed by atoms with Gasteiger partial charge in [-0.25, -0.2) is 0 Å². The van der Waals surface area contributed by atoms with Crippen LogP contribution in [0.3, 0.4) is 0 Å². The van der Waals surface area contributed by atoms with Crippen LogP contribution in [0.25, 0.3) is 0 Å². The monoisotopic (exact) mass is 208 g/mol. The topological polar surface area (TPSA) is 38.0 Å². The lowest BCUT2D eigenvalue weighted by molar-refractivity contribution is 0.248. The van der Waals surface area contributed by atoms with E-state index in [0.29, 0.717) is 6.04 Å². The molecule has 0 heterocycles. The van der Waals surface area contributed by atoms with Gasteiger partial charge in [0.25, 0.3) is 0 Å². The van der Waals surface area contributed by atoms with Gasteiger partial charge >= 0.3 is 0 Å². The molecule has 0 aromatic rings. The zero-order valence-corrected chi connectivity index (χ0v) is 9.67. The molecule has 0 aromatic carbocycles. The summed E-state index contributed by atoms with van der Waals surface area (Å²) in [6.07, 6.45) is 14.7. The van der Waals surface area contributed by atoms with Crippen LogP contribution in [0.15, 0.2) is 11.6 Å². The molecule has 2 nitrogen and oxygen atoms in total. The average Bonchev–Trinajstić information content (AvgIpc) is 2.11. The zero-order chi connectivity index (χ0) is 10.5. The minimum absolute atomic E-state index is 0.483. The molecule has 86 valence electrons. The predicted octanol–water partition coefficient (Wildman–Crippen LogP) is 2.90. The number of nitrogens with two attached hydrogens (primary N) is 1. The van der Waals surface area contributed by atoms with E-state index in [-0.39, 0.29) is 0 Å². The van der Waals surface area contributed by atoms with E-state index < -0.39 is 0 Å². The summed E-state index contributed by atoms with van der Waals surface area (Å²) < 4.78 is 0. The van der Waals surface area contributed by atoms with E-state index in [1.807, 2.05) is 0 Å². The average molecular weight is 208 g/mol. The van der Waals surface area contributed by atoms with Gasteiger partial charge in [-0.15, -0.1) is 0 Å². The van der Waals surface area contributed by atoms with E-state index in [2.05, 4.69) is 11.5 Å². The molecule has 2 heteroatoms. The van der Waals surface area contributed by atoms with Crippen molar-refractivity contribution in [2.45, 2.75) is 63.8 Å². The molecule has 0 spiro atoms. The molecule has 1 saturated carbocycles. The van der Waals surface area contributed by atoms with E-state index >= 15 is 0 Å². The maximum absolute atomic E-state index is 5.71. The first-order valence-electron chi connectivity index (χ1n) is 6.57. The highest BCUT2D eigenvalue weighted by Crippen LogP contribution is 2.34. The fourth-order valence-corrected chi connectivity index (χ4v) is 2.82. The molecule has 2 aliphatic carbocycles. The molecule has 2 rings (SSSR count). The molecular formula is C13H24N2. The van der Waals surface area contributed by atoms with Crippen molar-refractivity contribution in [3.63, 3.8) is 0 Å². The third-order valence-corrected chi connectivity index (χ3v) is 4.03. The van der Waals surface area contributed by atoms with E-state index in [9.17, 15) is 0 Å². The van der Waals surface area contributed by atoms with Gasteiger partial charge in [-0.3, -0.25) is 11.3 Å². The van der Waals surface area contributed by atoms with Crippen LogP contribution in [0.4, 0.5) is 0 Å². The van der Waals surface area contributed by atoms with Crippen LogP contribution >= 0.6 is 0 Å². The Morgan fingerprint density at radius 2 is 1.93 bits per heavy atom. The lowest BCUT2D eigenvalue weighted by Gasteiger charge is -2.35. The molecule has 15 heavy (non-hydrogen) atoms. The van der Waals surface area contributed by atoms with Crippen molar-refractivity contribution < 1.29 is 0 Å². The van der Waals surface area contributed by atoms with E-state index in [1.165, 1.54) is 57.8 Å². The molecule has 0 amide bonds. The molecule has 3 N–H and O–H groups in total. The molecule has 0 radical (unpaired) electrons. The van der Waals surface area contributed by atoms with E-state index in [1.54, 1.807) is 5.57 Å². The van der Waals surface area contributed by atoms with Crippen molar-refractivity contribution in [2.75, 3.05) is 0 Å². The van der Waals surface area contributed by atoms with E-state index in [4.69, 9.17) is 5.84 Å². The largest absolute Gasteiger partial charge is 0.271 e. The van der Waals surface area contributed by atoms with Crippen LogP contribution in [0.1, 0.15) is 57.8 Å².